The standard InChI is InChI=1S/C18H14IN5/c1-12-6-14(9-15(7-12)24-11-20-10-22-24)23-18-4-5-21-17-3-2-13(19)8-16(17)18/h2-11H,1H3,(H,21,23). The molecule has 0 aliphatic carbocycles. The van der Waals surface area contributed by atoms with Gasteiger partial charge in [-0.2, -0.15) is 5.10 Å². The van der Waals surface area contributed by atoms with Crippen LogP contribution in [0.5, 0.6) is 0 Å². The summed E-state index contributed by atoms with van der Waals surface area (Å²) in [6, 6.07) is 14.5. The van der Waals surface area contributed by atoms with Crippen molar-refractivity contribution in [2.24, 2.45) is 0 Å². The zero-order valence-corrected chi connectivity index (χ0v) is 15.1. The van der Waals surface area contributed by atoms with Crippen molar-refractivity contribution in [3.05, 3.63) is 70.4 Å². The number of halogens is 1. The van der Waals surface area contributed by atoms with Crippen molar-refractivity contribution in [2.45, 2.75) is 6.92 Å². The smallest absolute Gasteiger partial charge is 0.138 e. The van der Waals surface area contributed by atoms with Crippen LogP contribution in [0.25, 0.3) is 16.6 Å². The van der Waals surface area contributed by atoms with Crippen LogP contribution in [0.15, 0.2) is 61.3 Å². The van der Waals surface area contributed by atoms with Gasteiger partial charge in [0.25, 0.3) is 0 Å². The second kappa shape index (κ2) is 6.20. The first-order chi connectivity index (χ1) is 11.7. The molecule has 0 amide bonds. The Labute approximate surface area is 152 Å². The lowest BCUT2D eigenvalue weighted by molar-refractivity contribution is 0.878. The quantitative estimate of drug-likeness (QED) is 0.491. The SMILES string of the molecule is Cc1cc(Nc2ccnc3ccc(I)cc23)cc(-n2cncn2)c1. The Morgan fingerprint density at radius 1 is 1.08 bits per heavy atom. The number of fused-ring (bicyclic) bond motifs is 1. The van der Waals surface area contributed by atoms with Crippen molar-refractivity contribution in [1.82, 2.24) is 19.7 Å². The summed E-state index contributed by atoms with van der Waals surface area (Å²) in [4.78, 5) is 8.45. The fraction of sp³-hybridized carbons (Fsp3) is 0.0556. The second-order valence-corrected chi connectivity index (χ2v) is 6.79. The fourth-order valence-corrected chi connectivity index (χ4v) is 3.18. The molecular weight excluding hydrogens is 413 g/mol. The average molecular weight is 427 g/mol. The summed E-state index contributed by atoms with van der Waals surface area (Å²) in [6.45, 7) is 2.07. The molecule has 4 aromatic rings. The first-order valence-corrected chi connectivity index (χ1v) is 8.55. The van der Waals surface area contributed by atoms with E-state index in [2.05, 4.69) is 80.2 Å². The number of pyridine rings is 1. The monoisotopic (exact) mass is 427 g/mol. The predicted octanol–water partition coefficient (Wildman–Crippen LogP) is 4.47. The van der Waals surface area contributed by atoms with Crippen molar-refractivity contribution in [3.8, 4) is 5.69 Å². The molecule has 0 atom stereocenters. The number of aromatic nitrogens is 4. The Hall–Kier alpha value is -2.48. The fourth-order valence-electron chi connectivity index (χ4n) is 2.69. The van der Waals surface area contributed by atoms with E-state index in [4.69, 9.17) is 0 Å². The molecule has 24 heavy (non-hydrogen) atoms. The number of anilines is 2. The van der Waals surface area contributed by atoms with Crippen molar-refractivity contribution in [3.63, 3.8) is 0 Å². The van der Waals surface area contributed by atoms with Gasteiger partial charge in [0, 0.05) is 26.5 Å². The van der Waals surface area contributed by atoms with Gasteiger partial charge in [-0.3, -0.25) is 4.98 Å². The van der Waals surface area contributed by atoms with Gasteiger partial charge in [-0.25, -0.2) is 9.67 Å². The summed E-state index contributed by atoms with van der Waals surface area (Å²) in [7, 11) is 0. The largest absolute Gasteiger partial charge is 0.355 e. The molecule has 0 aliphatic heterocycles. The predicted molar refractivity (Wildman–Crippen MR) is 104 cm³/mol. The van der Waals surface area contributed by atoms with Gasteiger partial charge in [0.1, 0.15) is 12.7 Å². The summed E-state index contributed by atoms with van der Waals surface area (Å²) in [5, 5.41) is 8.82. The van der Waals surface area contributed by atoms with E-state index in [-0.39, 0.29) is 0 Å². The summed E-state index contributed by atoms with van der Waals surface area (Å²) in [6.07, 6.45) is 5.06. The molecule has 5 nitrogen and oxygen atoms in total. The molecule has 0 saturated heterocycles. The van der Waals surface area contributed by atoms with Gasteiger partial charge in [-0.1, -0.05) is 0 Å². The Morgan fingerprint density at radius 3 is 2.83 bits per heavy atom. The lowest BCUT2D eigenvalue weighted by atomic mass is 10.1. The lowest BCUT2D eigenvalue weighted by Crippen LogP contribution is -1.98. The first kappa shape index (κ1) is 15.1. The molecule has 0 bridgehead atoms. The molecule has 0 radical (unpaired) electrons. The molecule has 1 N–H and O–H groups in total. The first-order valence-electron chi connectivity index (χ1n) is 7.47. The normalized spacial score (nSPS) is 10.9. The number of benzene rings is 2. The van der Waals surface area contributed by atoms with Gasteiger partial charge >= 0.3 is 0 Å². The third-order valence-electron chi connectivity index (χ3n) is 3.73. The highest BCUT2D eigenvalue weighted by atomic mass is 127. The highest BCUT2D eigenvalue weighted by Gasteiger charge is 2.06. The molecule has 4 rings (SSSR count). The number of hydrogen-bond acceptors (Lipinski definition) is 4. The maximum absolute atomic E-state index is 4.43. The average Bonchev–Trinajstić information content (AvgIpc) is 3.09. The third-order valence-corrected chi connectivity index (χ3v) is 4.40. The molecule has 0 spiro atoms. The molecule has 118 valence electrons. The van der Waals surface area contributed by atoms with Gasteiger partial charge < -0.3 is 5.32 Å². The van der Waals surface area contributed by atoms with E-state index < -0.39 is 0 Å². The van der Waals surface area contributed by atoms with Crippen LogP contribution in [0, 0.1) is 10.5 Å². The molecule has 2 heterocycles. The Morgan fingerprint density at radius 2 is 2.00 bits per heavy atom. The van der Waals surface area contributed by atoms with E-state index in [1.807, 2.05) is 18.3 Å². The Balaban J connectivity index is 1.77. The summed E-state index contributed by atoms with van der Waals surface area (Å²) in [5.41, 5.74) is 5.14. The molecule has 0 fully saturated rings. The van der Waals surface area contributed by atoms with E-state index in [0.717, 1.165) is 33.5 Å². The molecule has 2 aromatic heterocycles. The van der Waals surface area contributed by atoms with E-state index in [1.165, 1.54) is 9.90 Å². The summed E-state index contributed by atoms with van der Waals surface area (Å²) < 4.78 is 2.94. The molecule has 2 aromatic carbocycles. The van der Waals surface area contributed by atoms with Gasteiger partial charge in [0.2, 0.25) is 0 Å². The highest BCUT2D eigenvalue weighted by Crippen LogP contribution is 2.28. The van der Waals surface area contributed by atoms with Crippen LogP contribution >= 0.6 is 22.6 Å². The number of aryl methyl sites for hydroxylation is 1. The number of nitrogens with one attached hydrogen (secondary N) is 1. The zero-order chi connectivity index (χ0) is 16.5. The molecule has 0 saturated carbocycles. The molecule has 0 unspecified atom stereocenters. The van der Waals surface area contributed by atoms with Crippen molar-refractivity contribution >= 4 is 44.9 Å². The van der Waals surface area contributed by atoms with Crippen LogP contribution in [0.1, 0.15) is 5.56 Å². The summed E-state index contributed by atoms with van der Waals surface area (Å²) in [5.74, 6) is 0. The van der Waals surface area contributed by atoms with Crippen LogP contribution in [-0.4, -0.2) is 19.7 Å². The maximum atomic E-state index is 4.43. The lowest BCUT2D eigenvalue weighted by Gasteiger charge is -2.12. The third kappa shape index (κ3) is 2.96. The van der Waals surface area contributed by atoms with Crippen molar-refractivity contribution in [1.29, 1.82) is 0 Å². The number of hydrogen-bond donors (Lipinski definition) is 1. The molecule has 0 aliphatic rings. The van der Waals surface area contributed by atoms with E-state index in [9.17, 15) is 0 Å². The topological polar surface area (TPSA) is 55.6 Å². The number of nitrogens with zero attached hydrogens (tertiary/aromatic N) is 4. The van der Waals surface area contributed by atoms with Crippen LogP contribution in [0.3, 0.4) is 0 Å². The zero-order valence-electron chi connectivity index (χ0n) is 12.9. The van der Waals surface area contributed by atoms with Gasteiger partial charge in [-0.15, -0.1) is 0 Å². The number of rotatable bonds is 3. The van der Waals surface area contributed by atoms with Gasteiger partial charge in [-0.05, 0) is 77.5 Å². The molecular formula is C18H14IN5. The van der Waals surface area contributed by atoms with Crippen molar-refractivity contribution < 1.29 is 0 Å². The van der Waals surface area contributed by atoms with Gasteiger partial charge in [0.05, 0.1) is 11.2 Å². The van der Waals surface area contributed by atoms with E-state index in [0.29, 0.717) is 0 Å². The summed E-state index contributed by atoms with van der Waals surface area (Å²) >= 11 is 2.32. The van der Waals surface area contributed by atoms with Crippen LogP contribution in [0.4, 0.5) is 11.4 Å². The van der Waals surface area contributed by atoms with Crippen LogP contribution < -0.4 is 5.32 Å². The van der Waals surface area contributed by atoms with Gasteiger partial charge in [0.15, 0.2) is 0 Å². The Kier molecular flexibility index (Phi) is 3.89. The highest BCUT2D eigenvalue weighted by molar-refractivity contribution is 14.1. The van der Waals surface area contributed by atoms with E-state index in [1.54, 1.807) is 11.0 Å². The van der Waals surface area contributed by atoms with Crippen LogP contribution in [0.2, 0.25) is 0 Å². The Bertz CT molecular complexity index is 1010. The minimum Gasteiger partial charge on any atom is -0.355 e. The van der Waals surface area contributed by atoms with E-state index >= 15 is 0 Å². The minimum atomic E-state index is 0.975. The van der Waals surface area contributed by atoms with Crippen LogP contribution in [-0.2, 0) is 0 Å². The maximum Gasteiger partial charge on any atom is 0.138 e. The minimum absolute atomic E-state index is 0.975. The second-order valence-electron chi connectivity index (χ2n) is 5.54. The molecule has 6 heteroatoms. The van der Waals surface area contributed by atoms with Crippen molar-refractivity contribution in [2.75, 3.05) is 5.32 Å².